The molecule has 1 saturated carbocycles. The normalized spacial score (nSPS) is 20.9. The van der Waals surface area contributed by atoms with Crippen molar-refractivity contribution in [1.82, 2.24) is 29.7 Å². The summed E-state index contributed by atoms with van der Waals surface area (Å²) < 4.78 is 76.4. The molecule has 8 rings (SSSR count). The Balaban J connectivity index is 0.000000762. The van der Waals surface area contributed by atoms with Crippen LogP contribution in [0.5, 0.6) is 5.75 Å². The van der Waals surface area contributed by atoms with Gasteiger partial charge in [-0.3, -0.25) is 33.7 Å². The highest BCUT2D eigenvalue weighted by Crippen LogP contribution is 2.36. The molecule has 2 saturated heterocycles. The van der Waals surface area contributed by atoms with Crippen LogP contribution in [0, 0.1) is 23.4 Å². The number of hydrazine groups is 1. The first-order valence-corrected chi connectivity index (χ1v) is 20.0. The number of rotatable bonds is 8. The molecule has 0 unspecified atom stereocenters. The first kappa shape index (κ1) is 44.0. The molecule has 1 atom stereocenters. The number of alkyl halides is 3. The fraction of sp³-hybridized carbons (Fsp3) is 0.439. The molecule has 21 heteroatoms. The Morgan fingerprint density at radius 2 is 1.58 bits per heavy atom. The summed E-state index contributed by atoms with van der Waals surface area (Å²) in [6.45, 7) is 5.22. The highest BCUT2D eigenvalue weighted by atomic mass is 19.4. The number of phenols is 1. The van der Waals surface area contributed by atoms with Crippen molar-refractivity contribution in [3.63, 3.8) is 0 Å². The molecule has 3 amide bonds. The number of benzene rings is 3. The largest absolute Gasteiger partial charge is 0.503 e. The number of carboxylic acids is 1. The predicted octanol–water partition coefficient (Wildman–Crippen LogP) is 4.53. The van der Waals surface area contributed by atoms with Crippen LogP contribution in [0.15, 0.2) is 47.3 Å². The van der Waals surface area contributed by atoms with Crippen molar-refractivity contribution in [3.8, 4) is 5.75 Å². The second-order valence-electron chi connectivity index (χ2n) is 15.9. The van der Waals surface area contributed by atoms with Crippen LogP contribution >= 0.6 is 0 Å². The highest BCUT2D eigenvalue weighted by molar-refractivity contribution is 6.00. The minimum absolute atomic E-state index is 0.147. The number of carbonyl (C=O) groups is 4. The highest BCUT2D eigenvalue weighted by Gasteiger charge is 2.38. The number of amides is 3. The maximum absolute atomic E-state index is 14.1. The van der Waals surface area contributed by atoms with E-state index in [9.17, 15) is 50.6 Å². The summed E-state index contributed by atoms with van der Waals surface area (Å²) in [5.74, 6) is -10.5. The quantitative estimate of drug-likeness (QED) is 0.0954. The minimum atomic E-state index is -5.08. The number of aromatic hydroxyl groups is 1. The maximum atomic E-state index is 14.1. The number of aliphatic carboxylic acids is 1. The van der Waals surface area contributed by atoms with E-state index in [2.05, 4.69) is 49.1 Å². The van der Waals surface area contributed by atoms with Gasteiger partial charge in [-0.05, 0) is 79.5 Å². The van der Waals surface area contributed by atoms with E-state index in [1.165, 1.54) is 10.1 Å². The Hall–Kier alpha value is -6.09. The van der Waals surface area contributed by atoms with E-state index in [-0.39, 0.29) is 30.5 Å². The zero-order chi connectivity index (χ0) is 44.6. The van der Waals surface area contributed by atoms with Crippen LogP contribution in [0.25, 0.3) is 11.0 Å². The van der Waals surface area contributed by atoms with Crippen molar-refractivity contribution in [2.24, 2.45) is 13.0 Å². The van der Waals surface area contributed by atoms with Crippen molar-refractivity contribution >= 4 is 46.1 Å². The predicted molar refractivity (Wildman–Crippen MR) is 211 cm³/mol. The molecule has 0 radical (unpaired) electrons. The lowest BCUT2D eigenvalue weighted by molar-refractivity contribution is -0.192. The van der Waals surface area contributed by atoms with Crippen LogP contribution in [0.3, 0.4) is 0 Å². The standard InChI is InChI=1S/C39H43F3N8O5.C2HF3O2/c1-46-32-16-23(4-9-30(32)50(39(46)55)31-10-11-33(51)44-38(31)54)20-47-12-14-48(15-13-47)26-8-5-24-21-49(45-29(24)17-26)25-6-2-22(3-7-25)19-43-37(53)27-18-28(40)36(52)35(42)34(27)41;3-2(4,5)1(6)7/h4-5,8-9,16-18,22,25,31,45,52H,2-3,6-7,10-15,19-21H2,1H3,(H,43,53)(H,44,51,54);(H,6,7)/t22?,25?,31-;/m1./s1. The van der Waals surface area contributed by atoms with E-state index in [0.29, 0.717) is 24.0 Å². The van der Waals surface area contributed by atoms with Crippen LogP contribution < -0.4 is 26.6 Å². The van der Waals surface area contributed by atoms with Crippen molar-refractivity contribution in [3.05, 3.63) is 87.1 Å². The van der Waals surface area contributed by atoms with Gasteiger partial charge in [0.15, 0.2) is 17.4 Å². The first-order valence-electron chi connectivity index (χ1n) is 20.0. The molecule has 15 nitrogen and oxygen atoms in total. The molecule has 5 N–H and O–H groups in total. The lowest BCUT2D eigenvalue weighted by Gasteiger charge is -2.36. The number of aryl methyl sites for hydroxylation is 1. The van der Waals surface area contributed by atoms with Crippen molar-refractivity contribution < 1.29 is 55.7 Å². The molecule has 1 aliphatic carbocycles. The number of piperidine rings is 1. The Labute approximate surface area is 349 Å². The fourth-order valence-electron chi connectivity index (χ4n) is 8.50. The van der Waals surface area contributed by atoms with E-state index in [0.717, 1.165) is 87.4 Å². The molecule has 0 bridgehead atoms. The summed E-state index contributed by atoms with van der Waals surface area (Å²) in [7, 11) is 1.71. The van der Waals surface area contributed by atoms with Gasteiger partial charge in [0.05, 0.1) is 22.3 Å². The van der Waals surface area contributed by atoms with Gasteiger partial charge in [0.1, 0.15) is 6.04 Å². The zero-order valence-corrected chi connectivity index (χ0v) is 33.4. The number of aromatic nitrogens is 2. The monoisotopic (exact) mass is 874 g/mol. The van der Waals surface area contributed by atoms with Gasteiger partial charge in [-0.15, -0.1) is 0 Å². The van der Waals surface area contributed by atoms with E-state index in [4.69, 9.17) is 9.90 Å². The average molecular weight is 875 g/mol. The van der Waals surface area contributed by atoms with Gasteiger partial charge in [0.25, 0.3) is 5.91 Å². The molecule has 4 aliphatic rings. The molecule has 3 aromatic carbocycles. The SMILES string of the molecule is Cn1c(=O)n([C@@H]2CCC(=O)NC2=O)c2ccc(CN3CCN(c4ccc5c(c4)NN(C4CCC(CNC(=O)c6cc(F)c(O)c(F)c6F)CC4)C5)CC3)cc21.O=C(O)C(F)(F)F. The Bertz CT molecular complexity index is 2460. The number of nitrogens with one attached hydrogen (secondary N) is 3. The molecule has 4 heterocycles. The number of nitrogens with zero attached hydrogens (tertiary/aromatic N) is 5. The van der Waals surface area contributed by atoms with Gasteiger partial charge in [-0.2, -0.15) is 17.6 Å². The summed E-state index contributed by atoms with van der Waals surface area (Å²) in [6.07, 6.45) is -1.14. The average Bonchev–Trinajstić information content (AvgIpc) is 3.78. The fourth-order valence-corrected chi connectivity index (χ4v) is 8.50. The van der Waals surface area contributed by atoms with Gasteiger partial charge in [-0.1, -0.05) is 12.1 Å². The number of carbonyl (C=O) groups excluding carboxylic acids is 3. The molecule has 62 heavy (non-hydrogen) atoms. The van der Waals surface area contributed by atoms with Crippen LogP contribution in [0.1, 0.15) is 66.1 Å². The molecule has 4 aromatic rings. The molecule has 1 aromatic heterocycles. The molecular weight excluding hydrogens is 830 g/mol. The summed E-state index contributed by atoms with van der Waals surface area (Å²) in [5.41, 5.74) is 8.55. The number of hydrogen-bond acceptors (Lipinski definition) is 10. The van der Waals surface area contributed by atoms with E-state index < -0.39 is 58.8 Å². The number of imide groups is 1. The number of hydrogen-bond donors (Lipinski definition) is 5. The smallest absolute Gasteiger partial charge is 0.490 e. The van der Waals surface area contributed by atoms with Crippen LogP contribution in [0.4, 0.5) is 37.7 Å². The summed E-state index contributed by atoms with van der Waals surface area (Å²) in [5, 5.41) is 23.6. The number of anilines is 2. The van der Waals surface area contributed by atoms with Crippen molar-refractivity contribution in [2.45, 2.75) is 69.9 Å². The number of phenolic OH excluding ortho intramolecular Hbond substituents is 1. The molecule has 332 valence electrons. The molecular formula is C41H44F6N8O7. The Kier molecular flexibility index (Phi) is 12.6. The lowest BCUT2D eigenvalue weighted by atomic mass is 9.85. The first-order chi connectivity index (χ1) is 29.4. The van der Waals surface area contributed by atoms with Gasteiger partial charge < -0.3 is 25.9 Å². The number of imidazole rings is 1. The summed E-state index contributed by atoms with van der Waals surface area (Å²) in [6, 6.07) is 12.6. The second kappa shape index (κ2) is 17.7. The summed E-state index contributed by atoms with van der Waals surface area (Å²) in [4.78, 5) is 63.5. The topological polar surface area (TPSA) is 181 Å². The van der Waals surface area contributed by atoms with E-state index in [1.54, 1.807) is 11.6 Å². The summed E-state index contributed by atoms with van der Waals surface area (Å²) >= 11 is 0. The second-order valence-corrected chi connectivity index (χ2v) is 15.9. The third kappa shape index (κ3) is 9.22. The lowest BCUT2D eigenvalue weighted by Crippen LogP contribution is -2.46. The zero-order valence-electron chi connectivity index (χ0n) is 33.4. The number of fused-ring (bicyclic) bond motifs is 2. The molecule has 3 aliphatic heterocycles. The van der Waals surface area contributed by atoms with Gasteiger partial charge >= 0.3 is 17.8 Å². The Morgan fingerprint density at radius 3 is 2.24 bits per heavy atom. The molecule has 3 fully saturated rings. The third-order valence-electron chi connectivity index (χ3n) is 11.9. The van der Waals surface area contributed by atoms with Crippen LogP contribution in [-0.2, 0) is 34.5 Å². The van der Waals surface area contributed by atoms with Crippen LogP contribution in [0.2, 0.25) is 0 Å². The van der Waals surface area contributed by atoms with Gasteiger partial charge in [-0.25, -0.2) is 23.4 Å². The maximum Gasteiger partial charge on any atom is 0.490 e. The Morgan fingerprint density at radius 1 is 0.887 bits per heavy atom. The van der Waals surface area contributed by atoms with Crippen LogP contribution in [-0.4, -0.2) is 97.9 Å². The third-order valence-corrected chi connectivity index (χ3v) is 11.9. The van der Waals surface area contributed by atoms with E-state index >= 15 is 0 Å². The van der Waals surface area contributed by atoms with Gasteiger partial charge in [0.2, 0.25) is 17.6 Å². The minimum Gasteiger partial charge on any atom is -0.503 e. The molecule has 0 spiro atoms. The van der Waals surface area contributed by atoms with Gasteiger partial charge in [0, 0.05) is 71.0 Å². The number of piperazine rings is 1. The number of halogens is 6. The van der Waals surface area contributed by atoms with E-state index in [1.807, 2.05) is 18.2 Å². The number of carboxylic acid groups (broad SMARTS) is 1. The van der Waals surface area contributed by atoms with Crippen molar-refractivity contribution in [2.75, 3.05) is 43.0 Å². The van der Waals surface area contributed by atoms with Crippen molar-refractivity contribution in [1.29, 1.82) is 0 Å².